The van der Waals surface area contributed by atoms with Crippen LogP contribution in [0.25, 0.3) is 0 Å². The van der Waals surface area contributed by atoms with Gasteiger partial charge in [0, 0.05) is 0 Å². The van der Waals surface area contributed by atoms with Gasteiger partial charge in [-0.05, 0) is 13.3 Å². The van der Waals surface area contributed by atoms with E-state index in [4.69, 9.17) is 0 Å². The summed E-state index contributed by atoms with van der Waals surface area (Å²) in [6.45, 7) is 3.53. The van der Waals surface area contributed by atoms with Gasteiger partial charge in [-0.1, -0.05) is 84.0 Å². The first kappa shape index (κ1) is 28.8. The number of rotatable bonds is 20. The van der Waals surface area contributed by atoms with Gasteiger partial charge in [0.15, 0.2) is 0 Å². The molecule has 3 unspecified atom stereocenters. The van der Waals surface area contributed by atoms with Crippen LogP contribution in [0.5, 0.6) is 0 Å². The Morgan fingerprint density at radius 2 is 1.33 bits per heavy atom. The monoisotopic (exact) mass is 431 g/mol. The van der Waals surface area contributed by atoms with Gasteiger partial charge in [-0.15, -0.1) is 0 Å². The molecule has 0 aliphatic heterocycles. The molecule has 0 aromatic carbocycles. The van der Waals surface area contributed by atoms with Crippen LogP contribution >= 0.6 is 0 Å². The van der Waals surface area contributed by atoms with Gasteiger partial charge in [0.1, 0.15) is 12.5 Å². The molecule has 30 heavy (non-hydrogen) atoms. The molecule has 0 heterocycles. The molecule has 0 rings (SSSR count). The van der Waals surface area contributed by atoms with Crippen molar-refractivity contribution < 1.29 is 29.6 Å². The lowest BCUT2D eigenvalue weighted by Gasteiger charge is -2.26. The van der Waals surface area contributed by atoms with Crippen molar-refractivity contribution in [3.8, 4) is 0 Å². The Morgan fingerprint density at radius 1 is 0.833 bits per heavy atom. The van der Waals surface area contributed by atoms with Crippen molar-refractivity contribution in [1.29, 1.82) is 0 Å². The Hall–Kier alpha value is -1.18. The molecule has 178 valence electrons. The van der Waals surface area contributed by atoms with Crippen LogP contribution in [-0.2, 0) is 14.3 Å². The minimum atomic E-state index is -1.28. The number of esters is 1. The van der Waals surface area contributed by atoms with Gasteiger partial charge in [0.05, 0.1) is 25.4 Å². The van der Waals surface area contributed by atoms with Crippen LogP contribution in [0.2, 0.25) is 0 Å². The first-order chi connectivity index (χ1) is 14.5. The summed E-state index contributed by atoms with van der Waals surface area (Å²) in [6, 6.07) is -1.01. The van der Waals surface area contributed by atoms with E-state index in [1.165, 1.54) is 57.8 Å². The highest BCUT2D eigenvalue weighted by molar-refractivity contribution is 5.94. The number of amides is 1. The first-order valence-corrected chi connectivity index (χ1v) is 11.9. The van der Waals surface area contributed by atoms with Gasteiger partial charge in [-0.3, -0.25) is 9.59 Å². The lowest BCUT2D eigenvalue weighted by atomic mass is 9.99. The summed E-state index contributed by atoms with van der Waals surface area (Å²) in [7, 11) is 0. The second-order valence-corrected chi connectivity index (χ2v) is 8.07. The Labute approximate surface area is 182 Å². The zero-order valence-corrected chi connectivity index (χ0v) is 19.1. The van der Waals surface area contributed by atoms with Crippen LogP contribution in [0, 0.1) is 0 Å². The molecule has 0 bridgehead atoms. The predicted molar refractivity (Wildman–Crippen MR) is 118 cm³/mol. The van der Waals surface area contributed by atoms with Gasteiger partial charge < -0.3 is 25.4 Å². The molecule has 0 saturated heterocycles. The standard InChI is InChI=1S/C23H45NO6/c1-3-5-6-7-8-9-10-11-12-13-14-15-16-20(26)23(29)19(18-25)24-21(27)17-22(28)30-4-2/h19-20,23,25-26,29H,3-18H2,1-2H3,(H,24,27). The van der Waals surface area contributed by atoms with E-state index >= 15 is 0 Å². The van der Waals surface area contributed by atoms with Crippen molar-refractivity contribution >= 4 is 11.9 Å². The van der Waals surface area contributed by atoms with Crippen molar-refractivity contribution in [2.45, 2.75) is 122 Å². The molecule has 0 fully saturated rings. The number of hydrogen-bond acceptors (Lipinski definition) is 6. The normalized spacial score (nSPS) is 14.2. The number of ether oxygens (including phenoxy) is 1. The number of carbonyl (C=O) groups is 2. The van der Waals surface area contributed by atoms with Crippen LogP contribution in [0.15, 0.2) is 0 Å². The molecule has 0 radical (unpaired) electrons. The van der Waals surface area contributed by atoms with Crippen molar-refractivity contribution in [1.82, 2.24) is 5.32 Å². The summed E-state index contributed by atoms with van der Waals surface area (Å²) < 4.78 is 4.69. The molecule has 0 saturated carbocycles. The number of carbonyl (C=O) groups excluding carboxylic acids is 2. The number of nitrogens with one attached hydrogen (secondary N) is 1. The van der Waals surface area contributed by atoms with Crippen LogP contribution in [-0.4, -0.2) is 58.7 Å². The van der Waals surface area contributed by atoms with E-state index in [1.54, 1.807) is 6.92 Å². The molecular weight excluding hydrogens is 386 g/mol. The van der Waals surface area contributed by atoms with Gasteiger partial charge in [0.25, 0.3) is 0 Å². The topological polar surface area (TPSA) is 116 Å². The molecule has 7 heteroatoms. The second-order valence-electron chi connectivity index (χ2n) is 8.07. The Kier molecular flexibility index (Phi) is 19.0. The van der Waals surface area contributed by atoms with Crippen LogP contribution in [0.4, 0.5) is 0 Å². The molecule has 1 amide bonds. The third kappa shape index (κ3) is 15.6. The second kappa shape index (κ2) is 19.8. The van der Waals surface area contributed by atoms with E-state index in [0.29, 0.717) is 6.42 Å². The largest absolute Gasteiger partial charge is 0.466 e. The maximum atomic E-state index is 11.8. The lowest BCUT2D eigenvalue weighted by molar-refractivity contribution is -0.146. The number of aliphatic hydroxyl groups is 3. The minimum Gasteiger partial charge on any atom is -0.466 e. The van der Waals surface area contributed by atoms with Crippen LogP contribution in [0.1, 0.15) is 104 Å². The zero-order chi connectivity index (χ0) is 22.6. The summed E-state index contributed by atoms with van der Waals surface area (Å²) in [6.07, 6.45) is 12.2. The average molecular weight is 432 g/mol. The summed E-state index contributed by atoms with van der Waals surface area (Å²) >= 11 is 0. The first-order valence-electron chi connectivity index (χ1n) is 11.9. The van der Waals surface area contributed by atoms with Gasteiger partial charge >= 0.3 is 5.97 Å². The maximum Gasteiger partial charge on any atom is 0.315 e. The van der Waals surface area contributed by atoms with Crippen LogP contribution < -0.4 is 5.32 Å². The SMILES string of the molecule is CCCCCCCCCCCCCCC(O)C(O)C(CO)NC(=O)CC(=O)OCC. The van der Waals surface area contributed by atoms with Gasteiger partial charge in [-0.25, -0.2) is 0 Å². The molecular formula is C23H45NO6. The summed E-state index contributed by atoms with van der Waals surface area (Å²) in [4.78, 5) is 23.1. The third-order valence-corrected chi connectivity index (χ3v) is 5.31. The Balaban J connectivity index is 3.83. The van der Waals surface area contributed by atoms with E-state index in [-0.39, 0.29) is 6.61 Å². The maximum absolute atomic E-state index is 11.8. The zero-order valence-electron chi connectivity index (χ0n) is 19.1. The summed E-state index contributed by atoms with van der Waals surface area (Å²) in [5.41, 5.74) is 0. The molecule has 0 spiro atoms. The molecule has 0 aliphatic carbocycles. The Bertz CT molecular complexity index is 432. The van der Waals surface area contributed by atoms with Gasteiger partial charge in [0.2, 0.25) is 5.91 Å². The van der Waals surface area contributed by atoms with Crippen molar-refractivity contribution in [3.05, 3.63) is 0 Å². The molecule has 4 N–H and O–H groups in total. The van der Waals surface area contributed by atoms with E-state index in [1.807, 2.05) is 0 Å². The Morgan fingerprint density at radius 3 is 1.80 bits per heavy atom. The lowest BCUT2D eigenvalue weighted by Crippen LogP contribution is -2.51. The molecule has 7 nitrogen and oxygen atoms in total. The fourth-order valence-corrected chi connectivity index (χ4v) is 3.47. The average Bonchev–Trinajstić information content (AvgIpc) is 2.72. The van der Waals surface area contributed by atoms with E-state index < -0.39 is 43.2 Å². The van der Waals surface area contributed by atoms with Crippen molar-refractivity contribution in [2.75, 3.05) is 13.2 Å². The van der Waals surface area contributed by atoms with Crippen LogP contribution in [0.3, 0.4) is 0 Å². The number of aliphatic hydroxyl groups excluding tert-OH is 3. The summed E-state index contributed by atoms with van der Waals surface area (Å²) in [5, 5.41) is 32.1. The highest BCUT2D eigenvalue weighted by atomic mass is 16.5. The highest BCUT2D eigenvalue weighted by Gasteiger charge is 2.27. The quantitative estimate of drug-likeness (QED) is 0.134. The molecule has 0 aliphatic rings. The smallest absolute Gasteiger partial charge is 0.315 e. The van der Waals surface area contributed by atoms with E-state index in [2.05, 4.69) is 17.0 Å². The third-order valence-electron chi connectivity index (χ3n) is 5.31. The molecule has 0 aromatic heterocycles. The van der Waals surface area contributed by atoms with Crippen molar-refractivity contribution in [3.63, 3.8) is 0 Å². The van der Waals surface area contributed by atoms with Gasteiger partial charge in [-0.2, -0.15) is 0 Å². The fraction of sp³-hybridized carbons (Fsp3) is 0.913. The number of unbranched alkanes of at least 4 members (excludes halogenated alkanes) is 11. The molecule has 0 aromatic rings. The molecule has 3 atom stereocenters. The minimum absolute atomic E-state index is 0.177. The van der Waals surface area contributed by atoms with E-state index in [0.717, 1.165) is 19.3 Å². The summed E-state index contributed by atoms with van der Waals surface area (Å²) in [5.74, 6) is -1.32. The van der Waals surface area contributed by atoms with Crippen molar-refractivity contribution in [2.24, 2.45) is 0 Å². The highest BCUT2D eigenvalue weighted by Crippen LogP contribution is 2.14. The fourth-order valence-electron chi connectivity index (χ4n) is 3.47. The number of hydrogen-bond donors (Lipinski definition) is 4. The predicted octanol–water partition coefficient (Wildman–Crippen LogP) is 3.23. The van der Waals surface area contributed by atoms with E-state index in [9.17, 15) is 24.9 Å².